The number of rotatable bonds is 10. The first-order chi connectivity index (χ1) is 8.26. The van der Waals surface area contributed by atoms with Crippen molar-refractivity contribution in [1.82, 2.24) is 0 Å². The van der Waals surface area contributed by atoms with E-state index in [-0.39, 0.29) is 5.71 Å². The maximum Gasteiger partial charge on any atom is 0.416 e. The van der Waals surface area contributed by atoms with Crippen molar-refractivity contribution in [3.05, 3.63) is 18.2 Å². The average molecular weight is 238 g/mol. The minimum absolute atomic E-state index is 0.123. The molecule has 0 unspecified atom stereocenters. The monoisotopic (exact) mass is 238 g/mol. The van der Waals surface area contributed by atoms with Crippen LogP contribution in [0.25, 0.3) is 5.53 Å². The molecule has 0 aromatic heterocycles. The van der Waals surface area contributed by atoms with Gasteiger partial charge in [0.05, 0.1) is 13.0 Å². The van der Waals surface area contributed by atoms with Crippen LogP contribution in [0.2, 0.25) is 0 Å². The molecule has 0 aromatic rings. The van der Waals surface area contributed by atoms with E-state index < -0.39 is 5.97 Å². The number of hydrogen-bond acceptors (Lipinski definition) is 2. The second-order valence-electron chi connectivity index (χ2n) is 3.86. The Kier molecular flexibility index (Phi) is 10.2. The Balaban J connectivity index is 3.61. The number of nitrogens with zero attached hydrogens (tertiary/aromatic N) is 2. The van der Waals surface area contributed by atoms with E-state index in [1.807, 2.05) is 6.08 Å². The topological polar surface area (TPSA) is 62.7 Å². The van der Waals surface area contributed by atoms with Crippen LogP contribution >= 0.6 is 0 Å². The summed E-state index contributed by atoms with van der Waals surface area (Å²) in [6.07, 6.45) is 8.84. The van der Waals surface area contributed by atoms with Crippen LogP contribution in [0, 0.1) is 0 Å². The molecule has 0 bridgehead atoms. The van der Waals surface area contributed by atoms with Gasteiger partial charge in [-0.25, -0.2) is 4.79 Å². The SMILES string of the molecule is C=CCCCCCCCC(=[N+]=[N-])C(=O)OCC. The number of unbranched alkanes of at least 4 members (excludes halogenated alkanes) is 5. The number of allylic oxidation sites excluding steroid dienone is 1. The minimum atomic E-state index is -0.512. The lowest BCUT2D eigenvalue weighted by Gasteiger charge is -1.99. The van der Waals surface area contributed by atoms with Crippen LogP contribution < -0.4 is 0 Å². The second kappa shape index (κ2) is 11.1. The van der Waals surface area contributed by atoms with E-state index in [4.69, 9.17) is 10.3 Å². The standard InChI is InChI=1S/C13H22N2O2/c1-3-5-6-7-8-9-10-11-12(15-14)13(16)17-4-2/h3H,1,4-11H2,2H3. The Morgan fingerprint density at radius 2 is 1.94 bits per heavy atom. The third-order valence-electron chi connectivity index (χ3n) is 2.45. The smallest absolute Gasteiger partial charge is 0.416 e. The summed E-state index contributed by atoms with van der Waals surface area (Å²) in [5.41, 5.74) is 8.79. The second-order valence-corrected chi connectivity index (χ2v) is 3.86. The first-order valence-corrected chi connectivity index (χ1v) is 6.25. The van der Waals surface area contributed by atoms with E-state index in [1.165, 1.54) is 12.8 Å². The van der Waals surface area contributed by atoms with Crippen LogP contribution in [0.4, 0.5) is 0 Å². The van der Waals surface area contributed by atoms with Crippen molar-refractivity contribution in [2.24, 2.45) is 0 Å². The van der Waals surface area contributed by atoms with Crippen LogP contribution in [0.3, 0.4) is 0 Å². The molecule has 96 valence electrons. The molecule has 0 aromatic carbocycles. The van der Waals surface area contributed by atoms with Gasteiger partial charge in [0.25, 0.3) is 0 Å². The Morgan fingerprint density at radius 1 is 1.29 bits per heavy atom. The molecule has 0 atom stereocenters. The zero-order valence-electron chi connectivity index (χ0n) is 10.7. The van der Waals surface area contributed by atoms with Gasteiger partial charge in [-0.2, -0.15) is 4.79 Å². The summed E-state index contributed by atoms with van der Waals surface area (Å²) in [4.78, 5) is 14.2. The van der Waals surface area contributed by atoms with Gasteiger partial charge in [0, 0.05) is 0 Å². The van der Waals surface area contributed by atoms with Crippen molar-refractivity contribution in [2.45, 2.75) is 51.9 Å². The molecule has 0 aliphatic heterocycles. The molecule has 4 nitrogen and oxygen atoms in total. The summed E-state index contributed by atoms with van der Waals surface area (Å²) in [5.74, 6) is -0.512. The van der Waals surface area contributed by atoms with Gasteiger partial charge in [0.1, 0.15) is 0 Å². The first kappa shape index (κ1) is 15.6. The van der Waals surface area contributed by atoms with Crippen molar-refractivity contribution in [3.8, 4) is 0 Å². The summed E-state index contributed by atoms with van der Waals surface area (Å²) < 4.78 is 4.76. The molecular weight excluding hydrogens is 216 g/mol. The van der Waals surface area contributed by atoms with E-state index in [0.29, 0.717) is 13.0 Å². The van der Waals surface area contributed by atoms with E-state index >= 15 is 0 Å². The minimum Gasteiger partial charge on any atom is -0.457 e. The number of hydrogen-bond donors (Lipinski definition) is 0. The predicted octanol–water partition coefficient (Wildman–Crippen LogP) is 3.14. The van der Waals surface area contributed by atoms with Gasteiger partial charge >= 0.3 is 11.7 Å². The predicted molar refractivity (Wildman–Crippen MR) is 67.8 cm³/mol. The average Bonchev–Trinajstić information content (AvgIpc) is 2.33. The van der Waals surface area contributed by atoms with Gasteiger partial charge in [0.15, 0.2) is 0 Å². The number of ether oxygens (including phenoxy) is 1. The zero-order valence-corrected chi connectivity index (χ0v) is 10.7. The lowest BCUT2D eigenvalue weighted by atomic mass is 10.1. The van der Waals surface area contributed by atoms with Gasteiger partial charge < -0.3 is 10.3 Å². The fourth-order valence-corrected chi connectivity index (χ4v) is 1.52. The molecule has 0 rings (SSSR count). The summed E-state index contributed by atoms with van der Waals surface area (Å²) in [6, 6.07) is 0. The lowest BCUT2D eigenvalue weighted by Crippen LogP contribution is -2.18. The van der Waals surface area contributed by atoms with E-state index in [2.05, 4.69) is 11.4 Å². The third-order valence-corrected chi connectivity index (χ3v) is 2.45. The summed E-state index contributed by atoms with van der Waals surface area (Å²) in [6.45, 7) is 5.70. The lowest BCUT2D eigenvalue weighted by molar-refractivity contribution is -0.140. The van der Waals surface area contributed by atoms with Crippen molar-refractivity contribution in [2.75, 3.05) is 6.61 Å². The molecular formula is C13H22N2O2. The summed E-state index contributed by atoms with van der Waals surface area (Å²) in [7, 11) is 0. The first-order valence-electron chi connectivity index (χ1n) is 6.25. The molecule has 0 fully saturated rings. The highest BCUT2D eigenvalue weighted by Crippen LogP contribution is 2.07. The van der Waals surface area contributed by atoms with Crippen LogP contribution in [0.15, 0.2) is 12.7 Å². The number of carbonyl (C=O) groups excluding carboxylic acids is 1. The van der Waals surface area contributed by atoms with E-state index in [9.17, 15) is 4.79 Å². The maximum atomic E-state index is 11.3. The molecule has 0 saturated carbocycles. The van der Waals surface area contributed by atoms with Gasteiger partial charge in [-0.05, 0) is 26.2 Å². The highest BCUT2D eigenvalue weighted by atomic mass is 16.5. The Labute approximate surface area is 103 Å². The molecule has 0 spiro atoms. The van der Waals surface area contributed by atoms with Crippen LogP contribution in [-0.4, -0.2) is 23.1 Å². The van der Waals surface area contributed by atoms with Crippen molar-refractivity contribution < 1.29 is 14.3 Å². The van der Waals surface area contributed by atoms with E-state index in [1.54, 1.807) is 6.92 Å². The summed E-state index contributed by atoms with van der Waals surface area (Å²) >= 11 is 0. The van der Waals surface area contributed by atoms with Crippen LogP contribution in [0.1, 0.15) is 51.9 Å². The van der Waals surface area contributed by atoms with Gasteiger partial charge in [-0.1, -0.05) is 25.3 Å². The summed E-state index contributed by atoms with van der Waals surface area (Å²) in [5, 5.41) is 0. The van der Waals surface area contributed by atoms with Crippen LogP contribution in [0.5, 0.6) is 0 Å². The fourth-order valence-electron chi connectivity index (χ4n) is 1.52. The van der Waals surface area contributed by atoms with Crippen molar-refractivity contribution in [1.29, 1.82) is 0 Å². The molecule has 0 radical (unpaired) electrons. The largest absolute Gasteiger partial charge is 0.457 e. The van der Waals surface area contributed by atoms with Crippen LogP contribution in [-0.2, 0) is 9.53 Å². The Hall–Kier alpha value is -1.41. The van der Waals surface area contributed by atoms with Gasteiger partial charge in [-0.3, -0.25) is 0 Å². The quantitative estimate of drug-likeness (QED) is 0.146. The van der Waals surface area contributed by atoms with Gasteiger partial charge in [-0.15, -0.1) is 6.58 Å². The number of esters is 1. The molecule has 0 saturated heterocycles. The third kappa shape index (κ3) is 8.40. The molecule has 0 aliphatic carbocycles. The van der Waals surface area contributed by atoms with Gasteiger partial charge in [0.2, 0.25) is 0 Å². The van der Waals surface area contributed by atoms with E-state index in [0.717, 1.165) is 25.7 Å². The van der Waals surface area contributed by atoms with Crippen molar-refractivity contribution >= 4 is 11.7 Å². The normalized spacial score (nSPS) is 9.47. The Morgan fingerprint density at radius 3 is 2.53 bits per heavy atom. The molecule has 0 amide bonds. The number of carbonyl (C=O) groups is 1. The maximum absolute atomic E-state index is 11.3. The molecule has 4 heteroatoms. The van der Waals surface area contributed by atoms with Crippen molar-refractivity contribution in [3.63, 3.8) is 0 Å². The molecule has 0 heterocycles. The fraction of sp³-hybridized carbons (Fsp3) is 0.692. The molecule has 0 N–H and O–H groups in total. The molecule has 0 aliphatic rings. The molecule has 17 heavy (non-hydrogen) atoms. The highest BCUT2D eigenvalue weighted by Gasteiger charge is 2.20. The Bertz CT molecular complexity index is 281. The zero-order chi connectivity index (χ0) is 12.9. The highest BCUT2D eigenvalue weighted by molar-refractivity contribution is 6.33.